The Morgan fingerprint density at radius 1 is 1.21 bits per heavy atom. The van der Waals surface area contributed by atoms with Gasteiger partial charge >= 0.3 is 5.97 Å². The van der Waals surface area contributed by atoms with Gasteiger partial charge in [-0.2, -0.15) is 0 Å². The molecule has 0 atom stereocenters. The van der Waals surface area contributed by atoms with Crippen LogP contribution in [0.5, 0.6) is 11.5 Å². The van der Waals surface area contributed by atoms with E-state index in [0.29, 0.717) is 35.9 Å². The predicted octanol–water partition coefficient (Wildman–Crippen LogP) is 2.10. The minimum atomic E-state index is -0.436. The Morgan fingerprint density at radius 3 is 2.58 bits per heavy atom. The van der Waals surface area contributed by atoms with E-state index in [4.69, 9.17) is 14.2 Å². The summed E-state index contributed by atoms with van der Waals surface area (Å²) in [6.07, 6.45) is 0. The molecule has 0 amide bonds. The van der Waals surface area contributed by atoms with Crippen molar-refractivity contribution in [1.82, 2.24) is 4.98 Å². The van der Waals surface area contributed by atoms with Gasteiger partial charge < -0.3 is 14.2 Å². The van der Waals surface area contributed by atoms with Crippen molar-refractivity contribution in [3.8, 4) is 11.5 Å². The van der Waals surface area contributed by atoms with Crippen LogP contribution < -0.4 is 9.47 Å². The Morgan fingerprint density at radius 2 is 1.89 bits per heavy atom. The monoisotopic (exact) mass is 259 g/mol. The second-order valence-corrected chi connectivity index (χ2v) is 4.33. The van der Waals surface area contributed by atoms with E-state index in [9.17, 15) is 4.79 Å². The van der Waals surface area contributed by atoms with Gasteiger partial charge in [0.2, 0.25) is 0 Å². The normalized spacial score (nSPS) is 13.4. The van der Waals surface area contributed by atoms with Crippen molar-refractivity contribution in [2.75, 3.05) is 20.3 Å². The van der Waals surface area contributed by atoms with Crippen LogP contribution in [-0.2, 0) is 4.74 Å². The van der Waals surface area contributed by atoms with Gasteiger partial charge in [0.1, 0.15) is 13.2 Å². The van der Waals surface area contributed by atoms with Crippen molar-refractivity contribution < 1.29 is 19.0 Å². The van der Waals surface area contributed by atoms with Crippen LogP contribution in [-0.4, -0.2) is 31.3 Å². The van der Waals surface area contributed by atoms with Crippen LogP contribution in [0.15, 0.2) is 18.2 Å². The number of rotatable bonds is 1. The lowest BCUT2D eigenvalue weighted by Gasteiger charge is -2.19. The fourth-order valence-corrected chi connectivity index (χ4v) is 2.12. The number of fused-ring (bicyclic) bond motifs is 2. The molecule has 19 heavy (non-hydrogen) atoms. The van der Waals surface area contributed by atoms with Gasteiger partial charge in [0.25, 0.3) is 0 Å². The molecule has 5 nitrogen and oxygen atoms in total. The second-order valence-electron chi connectivity index (χ2n) is 4.33. The van der Waals surface area contributed by atoms with E-state index in [0.717, 1.165) is 10.9 Å². The third-order valence-electron chi connectivity index (χ3n) is 3.05. The molecule has 2 aromatic rings. The molecule has 0 bridgehead atoms. The molecule has 3 rings (SSSR count). The highest BCUT2D eigenvalue weighted by Crippen LogP contribution is 2.34. The lowest BCUT2D eigenvalue weighted by molar-refractivity contribution is 0.0593. The lowest BCUT2D eigenvalue weighted by Crippen LogP contribution is -2.15. The highest BCUT2D eigenvalue weighted by Gasteiger charge is 2.16. The number of esters is 1. The maximum absolute atomic E-state index is 11.6. The van der Waals surface area contributed by atoms with Gasteiger partial charge in [-0.25, -0.2) is 9.78 Å². The summed E-state index contributed by atoms with van der Waals surface area (Å²) in [4.78, 5) is 16.0. The van der Waals surface area contributed by atoms with E-state index in [2.05, 4.69) is 4.98 Å². The Labute approximate surface area is 110 Å². The standard InChI is InChI=1S/C14H13NO4/c1-8-5-9-6-11-12(19-4-3-18-11)7-10(9)15-13(8)14(16)17-2/h5-7H,3-4H2,1-2H3. The number of carbonyl (C=O) groups excluding carboxylic acids is 1. The molecule has 0 radical (unpaired) electrons. The van der Waals surface area contributed by atoms with E-state index >= 15 is 0 Å². The van der Waals surface area contributed by atoms with Crippen molar-refractivity contribution in [2.24, 2.45) is 0 Å². The molecule has 0 saturated carbocycles. The first-order valence-electron chi connectivity index (χ1n) is 5.98. The van der Waals surface area contributed by atoms with E-state index in [1.165, 1.54) is 7.11 Å². The second kappa shape index (κ2) is 4.42. The summed E-state index contributed by atoms with van der Waals surface area (Å²) in [6, 6.07) is 5.56. The van der Waals surface area contributed by atoms with Crippen molar-refractivity contribution in [3.05, 3.63) is 29.5 Å². The van der Waals surface area contributed by atoms with Crippen LogP contribution in [0, 0.1) is 6.92 Å². The number of hydrogen-bond acceptors (Lipinski definition) is 5. The SMILES string of the molecule is COC(=O)c1nc2cc3c(cc2cc1C)OCCO3. The Hall–Kier alpha value is -2.30. The third kappa shape index (κ3) is 1.97. The number of carbonyl (C=O) groups is 1. The van der Waals surface area contributed by atoms with Crippen molar-refractivity contribution in [3.63, 3.8) is 0 Å². The van der Waals surface area contributed by atoms with E-state index < -0.39 is 5.97 Å². The van der Waals surface area contributed by atoms with Crippen molar-refractivity contribution in [1.29, 1.82) is 0 Å². The molecule has 0 fully saturated rings. The lowest BCUT2D eigenvalue weighted by atomic mass is 10.1. The van der Waals surface area contributed by atoms with Crippen molar-refractivity contribution >= 4 is 16.9 Å². The number of benzene rings is 1. The molecule has 1 aromatic heterocycles. The fraction of sp³-hybridized carbons (Fsp3) is 0.286. The summed E-state index contributed by atoms with van der Waals surface area (Å²) in [5.41, 5.74) is 1.79. The van der Waals surface area contributed by atoms with Crippen LogP contribution in [0.2, 0.25) is 0 Å². The molecule has 0 N–H and O–H groups in total. The number of pyridine rings is 1. The Bertz CT molecular complexity index is 666. The van der Waals surface area contributed by atoms with E-state index in [1.807, 2.05) is 19.1 Å². The van der Waals surface area contributed by atoms with E-state index in [-0.39, 0.29) is 0 Å². The molecule has 1 aliphatic heterocycles. The van der Waals surface area contributed by atoms with Crippen LogP contribution >= 0.6 is 0 Å². The number of hydrogen-bond donors (Lipinski definition) is 0. The van der Waals surface area contributed by atoms with Crippen LogP contribution in [0.1, 0.15) is 16.1 Å². The maximum atomic E-state index is 11.6. The Balaban J connectivity index is 2.19. The summed E-state index contributed by atoms with van der Waals surface area (Å²) in [7, 11) is 1.34. The topological polar surface area (TPSA) is 57.7 Å². The molecule has 5 heteroatoms. The quantitative estimate of drug-likeness (QED) is 0.734. The predicted molar refractivity (Wildman–Crippen MR) is 68.8 cm³/mol. The average molecular weight is 259 g/mol. The summed E-state index contributed by atoms with van der Waals surface area (Å²) >= 11 is 0. The van der Waals surface area contributed by atoms with Gasteiger partial charge in [-0.1, -0.05) is 0 Å². The Kier molecular flexibility index (Phi) is 2.74. The largest absolute Gasteiger partial charge is 0.486 e. The molecule has 0 saturated heterocycles. The first-order chi connectivity index (χ1) is 9.19. The number of methoxy groups -OCH3 is 1. The third-order valence-corrected chi connectivity index (χ3v) is 3.05. The van der Waals surface area contributed by atoms with Gasteiger partial charge in [-0.15, -0.1) is 0 Å². The van der Waals surface area contributed by atoms with Gasteiger partial charge in [0.05, 0.1) is 12.6 Å². The molecule has 98 valence electrons. The molecule has 1 aromatic carbocycles. The average Bonchev–Trinajstić information content (AvgIpc) is 2.43. The first-order valence-corrected chi connectivity index (χ1v) is 5.98. The number of aromatic nitrogens is 1. The maximum Gasteiger partial charge on any atom is 0.356 e. The molecule has 1 aliphatic rings. The molecular weight excluding hydrogens is 246 g/mol. The summed E-state index contributed by atoms with van der Waals surface area (Å²) in [5, 5.41) is 0.911. The number of ether oxygens (including phenoxy) is 3. The van der Waals surface area contributed by atoms with Crippen LogP contribution in [0.25, 0.3) is 10.9 Å². The minimum absolute atomic E-state index is 0.326. The van der Waals surface area contributed by atoms with Gasteiger partial charge in [-0.05, 0) is 24.6 Å². The highest BCUT2D eigenvalue weighted by molar-refractivity contribution is 5.93. The molecule has 2 heterocycles. The molecule has 0 aliphatic carbocycles. The summed E-state index contributed by atoms with van der Waals surface area (Å²) < 4.78 is 15.8. The zero-order valence-corrected chi connectivity index (χ0v) is 10.7. The number of nitrogens with zero attached hydrogens (tertiary/aromatic N) is 1. The smallest absolute Gasteiger partial charge is 0.356 e. The minimum Gasteiger partial charge on any atom is -0.486 e. The molecule has 0 spiro atoms. The van der Waals surface area contributed by atoms with Gasteiger partial charge in [0, 0.05) is 11.5 Å². The van der Waals surface area contributed by atoms with Crippen LogP contribution in [0.3, 0.4) is 0 Å². The number of aryl methyl sites for hydroxylation is 1. The zero-order chi connectivity index (χ0) is 13.4. The van der Waals surface area contributed by atoms with Gasteiger partial charge in [-0.3, -0.25) is 0 Å². The fourth-order valence-electron chi connectivity index (χ4n) is 2.12. The molecule has 0 unspecified atom stereocenters. The van der Waals surface area contributed by atoms with Crippen LogP contribution in [0.4, 0.5) is 0 Å². The molecular formula is C14H13NO4. The highest BCUT2D eigenvalue weighted by atomic mass is 16.6. The van der Waals surface area contributed by atoms with Gasteiger partial charge in [0.15, 0.2) is 17.2 Å². The first kappa shape index (κ1) is 11.8. The summed E-state index contributed by atoms with van der Waals surface area (Å²) in [6.45, 7) is 2.90. The van der Waals surface area contributed by atoms with E-state index in [1.54, 1.807) is 6.07 Å². The van der Waals surface area contributed by atoms with Crippen molar-refractivity contribution in [2.45, 2.75) is 6.92 Å². The summed E-state index contributed by atoms with van der Waals surface area (Å²) in [5.74, 6) is 0.936. The zero-order valence-electron chi connectivity index (χ0n) is 10.7.